The first kappa shape index (κ1) is 13.8. The highest BCUT2D eigenvalue weighted by Gasteiger charge is 2.17. The summed E-state index contributed by atoms with van der Waals surface area (Å²) in [4.78, 5) is 16.5. The van der Waals surface area contributed by atoms with Crippen molar-refractivity contribution in [2.24, 2.45) is 0 Å². The first-order valence-corrected chi connectivity index (χ1v) is 6.05. The molecule has 0 radical (unpaired) electrons. The van der Waals surface area contributed by atoms with E-state index in [-0.39, 0.29) is 11.6 Å². The summed E-state index contributed by atoms with van der Waals surface area (Å²) in [6, 6.07) is 3.10. The number of rotatable bonds is 5. The number of anilines is 1. The molecule has 2 rings (SSSR count). The topological polar surface area (TPSA) is 114 Å². The smallest absolute Gasteiger partial charge is 0.290 e. The zero-order chi connectivity index (χ0) is 14.7. The lowest BCUT2D eigenvalue weighted by atomic mass is 10.1. The van der Waals surface area contributed by atoms with Gasteiger partial charge in [-0.1, -0.05) is 12.1 Å². The predicted octanol–water partition coefficient (Wildman–Crippen LogP) is 1.05. The molecule has 0 spiro atoms. The number of aromatic amines is 1. The molecule has 0 fully saturated rings. The fraction of sp³-hybridized carbons (Fsp3) is 0.455. The minimum absolute atomic E-state index is 0.0216. The van der Waals surface area contributed by atoms with Gasteiger partial charge in [-0.2, -0.15) is 5.21 Å². The highest BCUT2D eigenvalue weighted by molar-refractivity contribution is 5.46. The van der Waals surface area contributed by atoms with Gasteiger partial charge in [-0.15, -0.1) is 10.2 Å². The van der Waals surface area contributed by atoms with Gasteiger partial charge in [-0.05, 0) is 13.0 Å². The third-order valence-electron chi connectivity index (χ3n) is 2.98. The maximum absolute atomic E-state index is 10.8. The maximum Gasteiger partial charge on any atom is 0.290 e. The molecule has 2 aromatic heterocycles. The number of hydrogen-bond donors (Lipinski definition) is 1. The minimum Gasteiger partial charge on any atom is -0.359 e. The number of nitro groups is 1. The van der Waals surface area contributed by atoms with Gasteiger partial charge in [0.15, 0.2) is 5.82 Å². The maximum atomic E-state index is 10.8. The molecule has 1 atom stereocenters. The highest BCUT2D eigenvalue weighted by atomic mass is 16.6. The second-order valence-electron chi connectivity index (χ2n) is 4.58. The molecule has 0 saturated heterocycles. The lowest BCUT2D eigenvalue weighted by Gasteiger charge is -2.21. The molecule has 0 aliphatic rings. The third kappa shape index (κ3) is 2.87. The van der Waals surface area contributed by atoms with Gasteiger partial charge < -0.3 is 4.90 Å². The Balaban J connectivity index is 2.11. The second kappa shape index (κ2) is 5.59. The summed E-state index contributed by atoms with van der Waals surface area (Å²) in [5.74, 6) is 1.36. The normalized spacial score (nSPS) is 12.2. The molecular formula is C11H15N7O2. The summed E-state index contributed by atoms with van der Waals surface area (Å²) in [7, 11) is 1.87. The molecule has 0 aromatic carbocycles. The zero-order valence-corrected chi connectivity index (χ0v) is 11.4. The van der Waals surface area contributed by atoms with Gasteiger partial charge >= 0.3 is 0 Å². The van der Waals surface area contributed by atoms with Crippen molar-refractivity contribution in [2.45, 2.75) is 19.8 Å². The van der Waals surface area contributed by atoms with E-state index in [0.717, 1.165) is 0 Å². The van der Waals surface area contributed by atoms with E-state index >= 15 is 0 Å². The number of nitrogens with zero attached hydrogens (tertiary/aromatic N) is 6. The van der Waals surface area contributed by atoms with Crippen molar-refractivity contribution in [3.05, 3.63) is 33.8 Å². The van der Waals surface area contributed by atoms with Gasteiger partial charge in [0.05, 0.1) is 4.92 Å². The molecule has 1 N–H and O–H groups in total. The number of H-pyrrole nitrogens is 1. The summed E-state index contributed by atoms with van der Waals surface area (Å²) < 4.78 is 0. The van der Waals surface area contributed by atoms with E-state index in [2.05, 4.69) is 25.6 Å². The molecule has 20 heavy (non-hydrogen) atoms. The molecule has 9 nitrogen and oxygen atoms in total. The predicted molar refractivity (Wildman–Crippen MR) is 71.5 cm³/mol. The fourth-order valence-corrected chi connectivity index (χ4v) is 1.91. The SMILES string of the molecule is Cc1nc(N(C)C[C@@H](C)c2nn[nH]n2)ccc1[N+](=O)[O-]. The van der Waals surface area contributed by atoms with Crippen LogP contribution in [0.3, 0.4) is 0 Å². The summed E-state index contributed by atoms with van der Waals surface area (Å²) in [5, 5.41) is 24.6. The monoisotopic (exact) mass is 277 g/mol. The van der Waals surface area contributed by atoms with Crippen molar-refractivity contribution in [1.29, 1.82) is 0 Å². The summed E-state index contributed by atoms with van der Waals surface area (Å²) in [5.41, 5.74) is 0.417. The lowest BCUT2D eigenvalue weighted by Crippen LogP contribution is -2.24. The molecule has 106 valence electrons. The fourth-order valence-electron chi connectivity index (χ4n) is 1.91. The Morgan fingerprint density at radius 2 is 2.25 bits per heavy atom. The first-order chi connectivity index (χ1) is 9.49. The zero-order valence-electron chi connectivity index (χ0n) is 11.4. The van der Waals surface area contributed by atoms with Crippen LogP contribution in [-0.4, -0.2) is 44.1 Å². The van der Waals surface area contributed by atoms with Crippen molar-refractivity contribution in [3.63, 3.8) is 0 Å². The average Bonchev–Trinajstić information content (AvgIpc) is 2.91. The Morgan fingerprint density at radius 3 is 2.80 bits per heavy atom. The Morgan fingerprint density at radius 1 is 1.50 bits per heavy atom. The van der Waals surface area contributed by atoms with Gasteiger partial charge in [0.25, 0.3) is 5.69 Å². The van der Waals surface area contributed by atoms with Crippen molar-refractivity contribution >= 4 is 11.5 Å². The molecule has 0 saturated carbocycles. The van der Waals surface area contributed by atoms with Crippen LogP contribution in [0, 0.1) is 17.0 Å². The van der Waals surface area contributed by atoms with E-state index in [1.165, 1.54) is 6.07 Å². The van der Waals surface area contributed by atoms with E-state index in [4.69, 9.17) is 0 Å². The standard InChI is InChI=1S/C11H15N7O2/c1-7(11-13-15-16-14-11)6-17(3)10-5-4-9(18(19)20)8(2)12-10/h4-5,7H,6H2,1-3H3,(H,13,14,15,16)/t7-/m1/s1. The van der Waals surface area contributed by atoms with Gasteiger partial charge in [0, 0.05) is 25.6 Å². The van der Waals surface area contributed by atoms with Crippen LogP contribution in [0.25, 0.3) is 0 Å². The number of tetrazole rings is 1. The van der Waals surface area contributed by atoms with E-state index in [0.29, 0.717) is 23.9 Å². The summed E-state index contributed by atoms with van der Waals surface area (Å²) in [6.07, 6.45) is 0. The molecular weight excluding hydrogens is 262 g/mol. The third-order valence-corrected chi connectivity index (χ3v) is 2.98. The van der Waals surface area contributed by atoms with Crippen LogP contribution in [0.1, 0.15) is 24.4 Å². The van der Waals surface area contributed by atoms with E-state index < -0.39 is 4.92 Å². The Hall–Kier alpha value is -2.58. The largest absolute Gasteiger partial charge is 0.359 e. The number of nitrogens with one attached hydrogen (secondary N) is 1. The Kier molecular flexibility index (Phi) is 3.87. The van der Waals surface area contributed by atoms with Crippen LogP contribution < -0.4 is 4.90 Å². The van der Waals surface area contributed by atoms with Gasteiger partial charge in [-0.25, -0.2) is 4.98 Å². The Labute approximate surface area is 115 Å². The number of aromatic nitrogens is 5. The summed E-state index contributed by atoms with van der Waals surface area (Å²) in [6.45, 7) is 4.22. The minimum atomic E-state index is -0.436. The number of hydrogen-bond acceptors (Lipinski definition) is 7. The summed E-state index contributed by atoms with van der Waals surface area (Å²) >= 11 is 0. The molecule has 0 aliphatic heterocycles. The molecule has 0 bridgehead atoms. The van der Waals surface area contributed by atoms with E-state index in [1.54, 1.807) is 13.0 Å². The molecule has 2 heterocycles. The average molecular weight is 277 g/mol. The molecule has 9 heteroatoms. The van der Waals surface area contributed by atoms with Crippen LogP contribution in [0.5, 0.6) is 0 Å². The van der Waals surface area contributed by atoms with Crippen molar-refractivity contribution < 1.29 is 4.92 Å². The van der Waals surface area contributed by atoms with Gasteiger partial charge in [0.1, 0.15) is 11.5 Å². The van der Waals surface area contributed by atoms with E-state index in [9.17, 15) is 10.1 Å². The number of pyridine rings is 1. The van der Waals surface area contributed by atoms with Crippen LogP contribution in [0.15, 0.2) is 12.1 Å². The molecule has 0 aliphatic carbocycles. The lowest BCUT2D eigenvalue weighted by molar-refractivity contribution is -0.385. The Bertz CT molecular complexity index is 599. The number of aryl methyl sites for hydroxylation is 1. The molecule has 2 aromatic rings. The number of likely N-dealkylation sites (N-methyl/N-ethyl adjacent to an activating group) is 1. The van der Waals surface area contributed by atoms with Crippen molar-refractivity contribution in [2.75, 3.05) is 18.5 Å². The second-order valence-corrected chi connectivity index (χ2v) is 4.58. The van der Waals surface area contributed by atoms with Gasteiger partial charge in [0.2, 0.25) is 0 Å². The van der Waals surface area contributed by atoms with Crippen LogP contribution in [-0.2, 0) is 0 Å². The quantitative estimate of drug-likeness (QED) is 0.641. The van der Waals surface area contributed by atoms with Crippen LogP contribution in [0.4, 0.5) is 11.5 Å². The first-order valence-electron chi connectivity index (χ1n) is 6.05. The van der Waals surface area contributed by atoms with Gasteiger partial charge in [-0.3, -0.25) is 10.1 Å². The van der Waals surface area contributed by atoms with Crippen molar-refractivity contribution in [1.82, 2.24) is 25.6 Å². The molecule has 0 unspecified atom stereocenters. The van der Waals surface area contributed by atoms with Crippen LogP contribution >= 0.6 is 0 Å². The van der Waals surface area contributed by atoms with Crippen molar-refractivity contribution in [3.8, 4) is 0 Å². The molecule has 0 amide bonds. The van der Waals surface area contributed by atoms with Crippen LogP contribution in [0.2, 0.25) is 0 Å². The van der Waals surface area contributed by atoms with E-state index in [1.807, 2.05) is 18.9 Å². The highest BCUT2D eigenvalue weighted by Crippen LogP contribution is 2.21.